The fraction of sp³-hybridized carbons (Fsp3) is 0.375. The van der Waals surface area contributed by atoms with E-state index < -0.39 is 0 Å². The zero-order chi connectivity index (χ0) is 10.7. The molecule has 0 radical (unpaired) electrons. The number of H-pyrrole nitrogens is 1. The zero-order valence-electron chi connectivity index (χ0n) is 8.40. The Morgan fingerprint density at radius 2 is 2.07 bits per heavy atom. The van der Waals surface area contributed by atoms with Gasteiger partial charge in [0.25, 0.3) is 5.56 Å². The van der Waals surface area contributed by atoms with Crippen molar-refractivity contribution in [3.8, 4) is 0 Å². The van der Waals surface area contributed by atoms with Crippen LogP contribution in [-0.4, -0.2) is 19.7 Å². The van der Waals surface area contributed by atoms with Crippen LogP contribution in [0.2, 0.25) is 0 Å². The van der Waals surface area contributed by atoms with Crippen molar-refractivity contribution in [2.75, 3.05) is 5.73 Å². The molecule has 0 unspecified atom stereocenters. The van der Waals surface area contributed by atoms with Gasteiger partial charge in [-0.3, -0.25) is 14.6 Å². The second kappa shape index (κ2) is 3.91. The summed E-state index contributed by atoms with van der Waals surface area (Å²) in [7, 11) is 1.69. The van der Waals surface area contributed by atoms with E-state index in [0.29, 0.717) is 11.0 Å². The molecule has 0 saturated carbocycles. The van der Waals surface area contributed by atoms with Gasteiger partial charge in [-0.2, -0.15) is 0 Å². The third-order valence-electron chi connectivity index (χ3n) is 1.67. The number of nitrogens with zero attached hydrogens (tertiary/aromatic N) is 3. The van der Waals surface area contributed by atoms with Gasteiger partial charge in [0, 0.05) is 7.05 Å². The molecular formula is C8H13N5O. The van der Waals surface area contributed by atoms with Gasteiger partial charge in [-0.05, 0) is 0 Å². The summed E-state index contributed by atoms with van der Waals surface area (Å²) in [5.41, 5.74) is 5.75. The Morgan fingerprint density at radius 3 is 2.64 bits per heavy atom. The van der Waals surface area contributed by atoms with Gasteiger partial charge in [0.2, 0.25) is 0 Å². The minimum absolute atomic E-state index is 0.210. The number of rotatable bonds is 0. The summed E-state index contributed by atoms with van der Waals surface area (Å²) in [6.07, 6.45) is 1.32. The molecule has 2 rings (SSSR count). The SMILES string of the molecule is CC.Cn1[nH]c(=O)c2c(N)ncnc21. The molecule has 0 aliphatic carbocycles. The topological polar surface area (TPSA) is 89.6 Å². The molecule has 2 aromatic heterocycles. The van der Waals surface area contributed by atoms with E-state index in [1.54, 1.807) is 7.05 Å². The standard InChI is InChI=1S/C6H7N5O.C2H6/c1-11-5-3(6(12)10-11)4(7)8-2-9-5;1-2/h2H,1H3,(H,10,12)(H2,7,8,9);1-2H3. The average molecular weight is 195 g/mol. The van der Waals surface area contributed by atoms with Crippen molar-refractivity contribution in [2.45, 2.75) is 13.8 Å². The fourth-order valence-electron chi connectivity index (χ4n) is 1.12. The predicted molar refractivity (Wildman–Crippen MR) is 54.9 cm³/mol. The number of fused-ring (bicyclic) bond motifs is 1. The number of anilines is 1. The Morgan fingerprint density at radius 1 is 1.43 bits per heavy atom. The quantitative estimate of drug-likeness (QED) is 0.631. The van der Waals surface area contributed by atoms with E-state index >= 15 is 0 Å². The number of nitrogens with two attached hydrogens (primary N) is 1. The predicted octanol–water partition coefficient (Wildman–Crippen LogP) is 0.265. The maximum absolute atomic E-state index is 11.2. The molecule has 6 heteroatoms. The molecule has 0 fully saturated rings. The van der Waals surface area contributed by atoms with E-state index in [2.05, 4.69) is 15.1 Å². The van der Waals surface area contributed by atoms with Gasteiger partial charge in [0.15, 0.2) is 5.65 Å². The molecule has 0 aromatic carbocycles. The van der Waals surface area contributed by atoms with Gasteiger partial charge in [0.1, 0.15) is 17.5 Å². The highest BCUT2D eigenvalue weighted by molar-refractivity contribution is 5.84. The lowest BCUT2D eigenvalue weighted by Gasteiger charge is -1.93. The Bertz CT molecular complexity index is 484. The van der Waals surface area contributed by atoms with Crippen molar-refractivity contribution in [1.29, 1.82) is 0 Å². The first-order valence-corrected chi connectivity index (χ1v) is 4.35. The molecule has 3 N–H and O–H groups in total. The number of hydrogen-bond acceptors (Lipinski definition) is 4. The molecule has 2 heterocycles. The Hall–Kier alpha value is -1.85. The lowest BCUT2D eigenvalue weighted by molar-refractivity contribution is 0.773. The molecule has 2 aromatic rings. The Kier molecular flexibility index (Phi) is 2.85. The Balaban J connectivity index is 0.000000461. The molecule has 0 aliphatic rings. The summed E-state index contributed by atoms with van der Waals surface area (Å²) in [6, 6.07) is 0. The van der Waals surface area contributed by atoms with Crippen molar-refractivity contribution < 1.29 is 0 Å². The van der Waals surface area contributed by atoms with Crippen LogP contribution < -0.4 is 11.3 Å². The number of nitrogens with one attached hydrogen (secondary N) is 1. The number of aromatic amines is 1. The van der Waals surface area contributed by atoms with Crippen LogP contribution in [0.5, 0.6) is 0 Å². The number of aromatic nitrogens is 4. The van der Waals surface area contributed by atoms with Crippen molar-refractivity contribution in [1.82, 2.24) is 19.7 Å². The van der Waals surface area contributed by atoms with Crippen molar-refractivity contribution in [3.63, 3.8) is 0 Å². The van der Waals surface area contributed by atoms with Gasteiger partial charge in [0.05, 0.1) is 0 Å². The normalized spacial score (nSPS) is 9.64. The summed E-state index contributed by atoms with van der Waals surface area (Å²) >= 11 is 0. The zero-order valence-corrected chi connectivity index (χ0v) is 8.40. The van der Waals surface area contributed by atoms with Gasteiger partial charge in [-0.15, -0.1) is 0 Å². The van der Waals surface area contributed by atoms with Crippen LogP contribution in [0.1, 0.15) is 13.8 Å². The minimum Gasteiger partial charge on any atom is -0.383 e. The smallest absolute Gasteiger partial charge is 0.277 e. The molecule has 0 atom stereocenters. The van der Waals surface area contributed by atoms with Crippen LogP contribution in [0.25, 0.3) is 11.0 Å². The molecule has 0 saturated heterocycles. The lowest BCUT2D eigenvalue weighted by atomic mass is 10.4. The second-order valence-corrected chi connectivity index (χ2v) is 2.46. The first-order chi connectivity index (χ1) is 6.70. The molecule has 0 amide bonds. The molecule has 14 heavy (non-hydrogen) atoms. The van der Waals surface area contributed by atoms with Crippen LogP contribution in [-0.2, 0) is 7.05 Å². The summed E-state index contributed by atoms with van der Waals surface area (Å²) in [5.74, 6) is 0.210. The van der Waals surface area contributed by atoms with Crippen molar-refractivity contribution in [3.05, 3.63) is 16.7 Å². The van der Waals surface area contributed by atoms with E-state index in [1.807, 2.05) is 13.8 Å². The molecule has 0 bridgehead atoms. The number of nitrogen functional groups attached to an aromatic ring is 1. The van der Waals surface area contributed by atoms with Crippen molar-refractivity contribution in [2.24, 2.45) is 7.05 Å². The number of hydrogen-bond donors (Lipinski definition) is 2. The first kappa shape index (κ1) is 10.2. The van der Waals surface area contributed by atoms with Crippen LogP contribution in [0.4, 0.5) is 5.82 Å². The van der Waals surface area contributed by atoms with E-state index in [4.69, 9.17) is 5.73 Å². The molecule has 0 spiro atoms. The summed E-state index contributed by atoms with van der Waals surface area (Å²) in [6.45, 7) is 4.00. The summed E-state index contributed by atoms with van der Waals surface area (Å²) < 4.78 is 1.51. The third kappa shape index (κ3) is 1.46. The molecule has 76 valence electrons. The van der Waals surface area contributed by atoms with Crippen molar-refractivity contribution >= 4 is 16.9 Å². The molecule has 6 nitrogen and oxygen atoms in total. The van der Waals surface area contributed by atoms with Crippen LogP contribution in [0.15, 0.2) is 11.1 Å². The fourth-order valence-corrected chi connectivity index (χ4v) is 1.12. The van der Waals surface area contributed by atoms with E-state index in [-0.39, 0.29) is 11.4 Å². The maximum Gasteiger partial charge on any atom is 0.277 e. The molecular weight excluding hydrogens is 182 g/mol. The molecule has 0 aliphatic heterocycles. The van der Waals surface area contributed by atoms with Gasteiger partial charge >= 0.3 is 0 Å². The lowest BCUT2D eigenvalue weighted by Crippen LogP contribution is -2.03. The van der Waals surface area contributed by atoms with E-state index in [0.717, 1.165) is 0 Å². The highest BCUT2D eigenvalue weighted by atomic mass is 16.1. The van der Waals surface area contributed by atoms with Crippen LogP contribution >= 0.6 is 0 Å². The number of aryl methyl sites for hydroxylation is 1. The third-order valence-corrected chi connectivity index (χ3v) is 1.67. The maximum atomic E-state index is 11.2. The largest absolute Gasteiger partial charge is 0.383 e. The minimum atomic E-state index is -0.259. The van der Waals surface area contributed by atoms with E-state index in [1.165, 1.54) is 11.0 Å². The second-order valence-electron chi connectivity index (χ2n) is 2.46. The van der Waals surface area contributed by atoms with Gasteiger partial charge < -0.3 is 5.73 Å². The van der Waals surface area contributed by atoms with Gasteiger partial charge in [-0.1, -0.05) is 13.8 Å². The monoisotopic (exact) mass is 195 g/mol. The highest BCUT2D eigenvalue weighted by Crippen LogP contribution is 2.08. The Labute approximate surface area is 80.8 Å². The van der Waals surface area contributed by atoms with Crippen LogP contribution in [0, 0.1) is 0 Å². The highest BCUT2D eigenvalue weighted by Gasteiger charge is 2.08. The summed E-state index contributed by atoms with van der Waals surface area (Å²) in [5, 5.41) is 2.88. The van der Waals surface area contributed by atoms with Gasteiger partial charge in [-0.25, -0.2) is 9.97 Å². The first-order valence-electron chi connectivity index (χ1n) is 4.35. The summed E-state index contributed by atoms with van der Waals surface area (Å²) in [4.78, 5) is 18.8. The van der Waals surface area contributed by atoms with E-state index in [9.17, 15) is 4.79 Å². The van der Waals surface area contributed by atoms with Crippen LogP contribution in [0.3, 0.4) is 0 Å². The average Bonchev–Trinajstić information content (AvgIpc) is 2.47.